The summed E-state index contributed by atoms with van der Waals surface area (Å²) in [6.07, 6.45) is 5.24. The molecule has 0 spiro atoms. The van der Waals surface area contributed by atoms with E-state index < -0.39 is 0 Å². The molecular formula is C14H18O2. The highest BCUT2D eigenvalue weighted by atomic mass is 16.5. The SMILES string of the molecule is CC(=O)c1cccc(OCCC2CCC2)c1. The molecule has 1 aromatic carbocycles. The first-order chi connectivity index (χ1) is 7.75. The number of carbonyl (C=O) groups excluding carboxylic acids is 1. The van der Waals surface area contributed by atoms with Crippen molar-refractivity contribution in [2.75, 3.05) is 6.61 Å². The monoisotopic (exact) mass is 218 g/mol. The third-order valence-corrected chi connectivity index (χ3v) is 3.26. The van der Waals surface area contributed by atoms with Gasteiger partial charge in [0, 0.05) is 5.56 Å². The molecule has 2 rings (SSSR count). The molecule has 0 heterocycles. The molecule has 0 radical (unpaired) electrons. The summed E-state index contributed by atoms with van der Waals surface area (Å²) in [4.78, 5) is 11.2. The van der Waals surface area contributed by atoms with E-state index in [9.17, 15) is 4.79 Å². The number of carbonyl (C=O) groups is 1. The van der Waals surface area contributed by atoms with Gasteiger partial charge in [0.2, 0.25) is 0 Å². The van der Waals surface area contributed by atoms with Gasteiger partial charge in [-0.1, -0.05) is 31.4 Å². The average Bonchev–Trinajstić information content (AvgIpc) is 2.22. The second kappa shape index (κ2) is 5.15. The predicted octanol–water partition coefficient (Wildman–Crippen LogP) is 3.46. The normalized spacial score (nSPS) is 15.6. The van der Waals surface area contributed by atoms with Crippen molar-refractivity contribution in [2.45, 2.75) is 32.6 Å². The second-order valence-corrected chi connectivity index (χ2v) is 4.52. The Morgan fingerprint density at radius 3 is 2.88 bits per heavy atom. The lowest BCUT2D eigenvalue weighted by molar-refractivity contribution is 0.101. The fraction of sp³-hybridized carbons (Fsp3) is 0.500. The first kappa shape index (κ1) is 11.2. The van der Waals surface area contributed by atoms with E-state index in [0.29, 0.717) is 0 Å². The van der Waals surface area contributed by atoms with E-state index >= 15 is 0 Å². The van der Waals surface area contributed by atoms with Gasteiger partial charge in [-0.05, 0) is 31.4 Å². The van der Waals surface area contributed by atoms with Gasteiger partial charge in [0.05, 0.1) is 6.61 Å². The van der Waals surface area contributed by atoms with Crippen molar-refractivity contribution in [3.8, 4) is 5.75 Å². The van der Waals surface area contributed by atoms with Crippen LogP contribution in [0.25, 0.3) is 0 Å². The maximum Gasteiger partial charge on any atom is 0.159 e. The molecule has 2 nitrogen and oxygen atoms in total. The smallest absolute Gasteiger partial charge is 0.159 e. The van der Waals surface area contributed by atoms with Crippen LogP contribution in [0.4, 0.5) is 0 Å². The van der Waals surface area contributed by atoms with Crippen LogP contribution < -0.4 is 4.74 Å². The minimum Gasteiger partial charge on any atom is -0.494 e. The zero-order valence-electron chi connectivity index (χ0n) is 9.74. The van der Waals surface area contributed by atoms with Crippen molar-refractivity contribution in [3.63, 3.8) is 0 Å². The quantitative estimate of drug-likeness (QED) is 0.707. The predicted molar refractivity (Wildman–Crippen MR) is 63.9 cm³/mol. The molecule has 0 saturated heterocycles. The molecule has 1 aliphatic rings. The average molecular weight is 218 g/mol. The van der Waals surface area contributed by atoms with Crippen LogP contribution in [-0.4, -0.2) is 12.4 Å². The molecule has 86 valence electrons. The molecular weight excluding hydrogens is 200 g/mol. The van der Waals surface area contributed by atoms with E-state index in [-0.39, 0.29) is 5.78 Å². The van der Waals surface area contributed by atoms with E-state index in [2.05, 4.69) is 0 Å². The highest BCUT2D eigenvalue weighted by molar-refractivity contribution is 5.94. The van der Waals surface area contributed by atoms with Crippen LogP contribution in [-0.2, 0) is 0 Å². The zero-order chi connectivity index (χ0) is 11.4. The lowest BCUT2D eigenvalue weighted by Crippen LogP contribution is -2.14. The molecule has 0 atom stereocenters. The molecule has 1 saturated carbocycles. The van der Waals surface area contributed by atoms with Crippen molar-refractivity contribution < 1.29 is 9.53 Å². The third kappa shape index (κ3) is 2.84. The number of benzene rings is 1. The van der Waals surface area contributed by atoms with Crippen LogP contribution in [0.15, 0.2) is 24.3 Å². The number of ketones is 1. The lowest BCUT2D eigenvalue weighted by atomic mass is 9.83. The topological polar surface area (TPSA) is 26.3 Å². The molecule has 0 unspecified atom stereocenters. The van der Waals surface area contributed by atoms with E-state index in [1.54, 1.807) is 6.92 Å². The molecule has 0 bridgehead atoms. The standard InChI is InChI=1S/C14H18O2/c1-11(15)13-6-3-7-14(10-13)16-9-8-12-4-2-5-12/h3,6-7,10,12H,2,4-5,8-9H2,1H3. The summed E-state index contributed by atoms with van der Waals surface area (Å²) in [6, 6.07) is 7.42. The van der Waals surface area contributed by atoms with Gasteiger partial charge in [-0.25, -0.2) is 0 Å². The maximum absolute atomic E-state index is 11.2. The Kier molecular flexibility index (Phi) is 3.60. The van der Waals surface area contributed by atoms with Crippen molar-refractivity contribution >= 4 is 5.78 Å². The fourth-order valence-electron chi connectivity index (χ4n) is 1.93. The highest BCUT2D eigenvalue weighted by Gasteiger charge is 2.16. The third-order valence-electron chi connectivity index (χ3n) is 3.26. The maximum atomic E-state index is 11.2. The molecule has 2 heteroatoms. The molecule has 1 fully saturated rings. The number of Topliss-reactive ketones (excluding diaryl/α,β-unsaturated/α-hetero) is 1. The van der Waals surface area contributed by atoms with Crippen molar-refractivity contribution in [1.29, 1.82) is 0 Å². The largest absolute Gasteiger partial charge is 0.494 e. The van der Waals surface area contributed by atoms with Crippen LogP contribution in [0.5, 0.6) is 5.75 Å². The Morgan fingerprint density at radius 1 is 1.44 bits per heavy atom. The fourth-order valence-corrected chi connectivity index (χ4v) is 1.93. The summed E-state index contributed by atoms with van der Waals surface area (Å²) in [6.45, 7) is 2.35. The number of ether oxygens (including phenoxy) is 1. The number of hydrogen-bond acceptors (Lipinski definition) is 2. The van der Waals surface area contributed by atoms with Gasteiger partial charge < -0.3 is 4.74 Å². The van der Waals surface area contributed by atoms with E-state index in [4.69, 9.17) is 4.74 Å². The Labute approximate surface area is 96.6 Å². The molecule has 16 heavy (non-hydrogen) atoms. The summed E-state index contributed by atoms with van der Waals surface area (Å²) in [5.41, 5.74) is 0.723. The van der Waals surface area contributed by atoms with Gasteiger partial charge in [-0.3, -0.25) is 4.79 Å². The summed E-state index contributed by atoms with van der Waals surface area (Å²) in [5.74, 6) is 1.77. The van der Waals surface area contributed by atoms with E-state index in [0.717, 1.165) is 30.3 Å². The van der Waals surface area contributed by atoms with Crippen LogP contribution in [0.2, 0.25) is 0 Å². The van der Waals surface area contributed by atoms with Gasteiger partial charge in [-0.2, -0.15) is 0 Å². The summed E-state index contributed by atoms with van der Waals surface area (Å²) in [5, 5.41) is 0. The molecule has 0 N–H and O–H groups in total. The zero-order valence-corrected chi connectivity index (χ0v) is 9.74. The van der Waals surface area contributed by atoms with E-state index in [1.165, 1.54) is 19.3 Å². The summed E-state index contributed by atoms with van der Waals surface area (Å²) in [7, 11) is 0. The Hall–Kier alpha value is -1.31. The molecule has 0 amide bonds. The molecule has 0 aliphatic heterocycles. The van der Waals surface area contributed by atoms with Gasteiger partial charge >= 0.3 is 0 Å². The van der Waals surface area contributed by atoms with E-state index in [1.807, 2.05) is 24.3 Å². The summed E-state index contributed by atoms with van der Waals surface area (Å²) < 4.78 is 5.65. The molecule has 0 aromatic heterocycles. The molecule has 1 aromatic rings. The second-order valence-electron chi connectivity index (χ2n) is 4.52. The number of hydrogen-bond donors (Lipinski definition) is 0. The Bertz CT molecular complexity index is 367. The summed E-state index contributed by atoms with van der Waals surface area (Å²) >= 11 is 0. The Morgan fingerprint density at radius 2 is 2.25 bits per heavy atom. The first-order valence-corrected chi connectivity index (χ1v) is 5.99. The van der Waals surface area contributed by atoms with Crippen molar-refractivity contribution in [2.24, 2.45) is 5.92 Å². The van der Waals surface area contributed by atoms with Crippen LogP contribution >= 0.6 is 0 Å². The van der Waals surface area contributed by atoms with Crippen LogP contribution in [0.3, 0.4) is 0 Å². The molecule has 1 aliphatic carbocycles. The lowest BCUT2D eigenvalue weighted by Gasteiger charge is -2.24. The van der Waals surface area contributed by atoms with Crippen molar-refractivity contribution in [1.82, 2.24) is 0 Å². The van der Waals surface area contributed by atoms with Gasteiger partial charge in [-0.15, -0.1) is 0 Å². The minimum absolute atomic E-state index is 0.0874. The number of rotatable bonds is 5. The van der Waals surface area contributed by atoms with Crippen LogP contribution in [0, 0.1) is 5.92 Å². The van der Waals surface area contributed by atoms with Crippen molar-refractivity contribution in [3.05, 3.63) is 29.8 Å². The highest BCUT2D eigenvalue weighted by Crippen LogP contribution is 2.29. The van der Waals surface area contributed by atoms with Crippen LogP contribution in [0.1, 0.15) is 43.0 Å². The van der Waals surface area contributed by atoms with Gasteiger partial charge in [0.1, 0.15) is 5.75 Å². The van der Waals surface area contributed by atoms with Gasteiger partial charge in [0.15, 0.2) is 5.78 Å². The Balaban J connectivity index is 1.83. The van der Waals surface area contributed by atoms with Gasteiger partial charge in [0.25, 0.3) is 0 Å². The minimum atomic E-state index is 0.0874. The first-order valence-electron chi connectivity index (χ1n) is 5.99.